The number of aryl methyl sites for hydroxylation is 2. The standard InChI is InChI=1S/C18H21FN2O3S/c1-12-16(25-13(2)20-12)17(22)21-9-3-8-18(23,10-21)11-24-15-6-4-14(19)5-7-15/h4-7,23H,3,8-11H2,1-2H3. The van der Waals surface area contributed by atoms with Crippen LogP contribution in [0.15, 0.2) is 24.3 Å². The van der Waals surface area contributed by atoms with E-state index in [0.29, 0.717) is 30.0 Å². The summed E-state index contributed by atoms with van der Waals surface area (Å²) in [4.78, 5) is 19.3. The number of rotatable bonds is 4. The van der Waals surface area contributed by atoms with Crippen molar-refractivity contribution in [2.75, 3.05) is 19.7 Å². The summed E-state index contributed by atoms with van der Waals surface area (Å²) in [7, 11) is 0. The van der Waals surface area contributed by atoms with Gasteiger partial charge in [0.15, 0.2) is 0 Å². The molecule has 0 aliphatic carbocycles. The number of carbonyl (C=O) groups excluding carboxylic acids is 1. The van der Waals surface area contributed by atoms with Crippen LogP contribution in [0.1, 0.15) is 33.2 Å². The molecule has 1 amide bonds. The van der Waals surface area contributed by atoms with Gasteiger partial charge in [-0.15, -0.1) is 11.3 Å². The molecule has 2 aromatic rings. The monoisotopic (exact) mass is 364 g/mol. The van der Waals surface area contributed by atoms with Crippen molar-refractivity contribution in [1.29, 1.82) is 0 Å². The fourth-order valence-electron chi connectivity index (χ4n) is 3.03. The van der Waals surface area contributed by atoms with Crippen molar-refractivity contribution < 1.29 is 19.0 Å². The number of carbonyl (C=O) groups is 1. The first-order chi connectivity index (χ1) is 11.9. The highest BCUT2D eigenvalue weighted by molar-refractivity contribution is 7.13. The number of hydrogen-bond acceptors (Lipinski definition) is 5. The fourth-order valence-corrected chi connectivity index (χ4v) is 3.91. The molecule has 1 aromatic heterocycles. The Labute approximate surface area is 150 Å². The molecule has 25 heavy (non-hydrogen) atoms. The molecule has 7 heteroatoms. The highest BCUT2D eigenvalue weighted by Gasteiger charge is 2.37. The molecule has 5 nitrogen and oxygen atoms in total. The molecule has 1 saturated heterocycles. The molecule has 1 N–H and O–H groups in total. The van der Waals surface area contributed by atoms with Crippen molar-refractivity contribution in [3.05, 3.63) is 45.7 Å². The number of piperidine rings is 1. The zero-order valence-corrected chi connectivity index (χ0v) is 15.1. The number of benzene rings is 1. The number of nitrogens with zero attached hydrogens (tertiary/aromatic N) is 2. The Morgan fingerprint density at radius 2 is 2.12 bits per heavy atom. The molecule has 0 radical (unpaired) electrons. The summed E-state index contributed by atoms with van der Waals surface area (Å²) >= 11 is 1.38. The van der Waals surface area contributed by atoms with E-state index in [9.17, 15) is 14.3 Å². The van der Waals surface area contributed by atoms with Gasteiger partial charge in [-0.2, -0.15) is 0 Å². The van der Waals surface area contributed by atoms with Gasteiger partial charge in [0.25, 0.3) is 5.91 Å². The van der Waals surface area contributed by atoms with Gasteiger partial charge in [0, 0.05) is 6.54 Å². The van der Waals surface area contributed by atoms with E-state index < -0.39 is 5.60 Å². The normalized spacial score (nSPS) is 20.6. The van der Waals surface area contributed by atoms with Gasteiger partial charge in [-0.3, -0.25) is 4.79 Å². The van der Waals surface area contributed by atoms with Crippen molar-refractivity contribution in [3.8, 4) is 5.75 Å². The number of likely N-dealkylation sites (tertiary alicyclic amines) is 1. The average molecular weight is 364 g/mol. The van der Waals surface area contributed by atoms with Crippen LogP contribution in [0.2, 0.25) is 0 Å². The van der Waals surface area contributed by atoms with E-state index in [1.165, 1.54) is 35.6 Å². The van der Waals surface area contributed by atoms with Crippen molar-refractivity contribution in [3.63, 3.8) is 0 Å². The van der Waals surface area contributed by atoms with Gasteiger partial charge < -0.3 is 14.7 Å². The van der Waals surface area contributed by atoms with Gasteiger partial charge in [0.1, 0.15) is 28.7 Å². The van der Waals surface area contributed by atoms with Crippen LogP contribution >= 0.6 is 11.3 Å². The third kappa shape index (κ3) is 4.16. The van der Waals surface area contributed by atoms with Crippen molar-refractivity contribution in [2.24, 2.45) is 0 Å². The smallest absolute Gasteiger partial charge is 0.265 e. The van der Waals surface area contributed by atoms with Gasteiger partial charge in [-0.1, -0.05) is 0 Å². The second kappa shape index (κ2) is 7.09. The Kier molecular flexibility index (Phi) is 5.06. The molecule has 3 rings (SSSR count). The number of hydrogen-bond donors (Lipinski definition) is 1. The third-order valence-corrected chi connectivity index (χ3v) is 5.32. The van der Waals surface area contributed by atoms with Crippen LogP contribution in [0.25, 0.3) is 0 Å². The zero-order chi connectivity index (χ0) is 18.0. The van der Waals surface area contributed by atoms with E-state index in [4.69, 9.17) is 4.74 Å². The summed E-state index contributed by atoms with van der Waals surface area (Å²) < 4.78 is 18.5. The number of thiazole rings is 1. The molecule has 0 bridgehead atoms. The maximum absolute atomic E-state index is 12.9. The lowest BCUT2D eigenvalue weighted by molar-refractivity contribution is -0.0531. The SMILES string of the molecule is Cc1nc(C)c(C(=O)N2CCCC(O)(COc3ccc(F)cc3)C2)s1. The van der Waals surface area contributed by atoms with Crippen LogP contribution in [0.5, 0.6) is 5.75 Å². The molecular weight excluding hydrogens is 343 g/mol. The summed E-state index contributed by atoms with van der Waals surface area (Å²) in [5.41, 5.74) is -0.389. The minimum absolute atomic E-state index is 0.0586. The molecule has 0 spiro atoms. The first-order valence-electron chi connectivity index (χ1n) is 8.20. The van der Waals surface area contributed by atoms with Crippen LogP contribution < -0.4 is 4.74 Å². The lowest BCUT2D eigenvalue weighted by Gasteiger charge is -2.38. The third-order valence-electron chi connectivity index (χ3n) is 4.26. The summed E-state index contributed by atoms with van der Waals surface area (Å²) in [6.07, 6.45) is 1.25. The fraction of sp³-hybridized carbons (Fsp3) is 0.444. The quantitative estimate of drug-likeness (QED) is 0.906. The molecule has 1 fully saturated rings. The van der Waals surface area contributed by atoms with E-state index >= 15 is 0 Å². The second-order valence-corrected chi connectivity index (χ2v) is 7.65. The topological polar surface area (TPSA) is 62.7 Å². The molecule has 1 aliphatic rings. The number of halogens is 1. The molecule has 1 aromatic carbocycles. The van der Waals surface area contributed by atoms with Crippen LogP contribution in [0, 0.1) is 19.7 Å². The summed E-state index contributed by atoms with van der Waals surface area (Å²) in [6, 6.07) is 5.66. The first-order valence-corrected chi connectivity index (χ1v) is 9.02. The molecule has 1 atom stereocenters. The summed E-state index contributed by atoms with van der Waals surface area (Å²) in [5, 5.41) is 11.7. The van der Waals surface area contributed by atoms with Crippen LogP contribution in [-0.2, 0) is 0 Å². The van der Waals surface area contributed by atoms with Gasteiger partial charge in [-0.25, -0.2) is 9.37 Å². The lowest BCUT2D eigenvalue weighted by atomic mass is 9.93. The summed E-state index contributed by atoms with van der Waals surface area (Å²) in [6.45, 7) is 4.57. The lowest BCUT2D eigenvalue weighted by Crippen LogP contribution is -2.53. The van der Waals surface area contributed by atoms with Crippen LogP contribution in [-0.4, -0.2) is 46.2 Å². The number of aromatic nitrogens is 1. The van der Waals surface area contributed by atoms with Gasteiger partial charge in [-0.05, 0) is 51.0 Å². The van der Waals surface area contributed by atoms with Crippen molar-refractivity contribution >= 4 is 17.2 Å². The highest BCUT2D eigenvalue weighted by atomic mass is 32.1. The van der Waals surface area contributed by atoms with Gasteiger partial charge in [0.05, 0.1) is 17.2 Å². The van der Waals surface area contributed by atoms with E-state index in [-0.39, 0.29) is 24.9 Å². The second-order valence-electron chi connectivity index (χ2n) is 6.44. The van der Waals surface area contributed by atoms with Crippen molar-refractivity contribution in [1.82, 2.24) is 9.88 Å². The van der Waals surface area contributed by atoms with Crippen molar-refractivity contribution in [2.45, 2.75) is 32.3 Å². The molecule has 2 heterocycles. The Morgan fingerprint density at radius 1 is 1.40 bits per heavy atom. The molecular formula is C18H21FN2O3S. The number of aliphatic hydroxyl groups is 1. The predicted octanol–water partition coefficient (Wildman–Crippen LogP) is 2.95. The van der Waals surface area contributed by atoms with Crippen LogP contribution in [0.3, 0.4) is 0 Å². The van der Waals surface area contributed by atoms with Gasteiger partial charge in [0.2, 0.25) is 0 Å². The Balaban J connectivity index is 1.66. The molecule has 134 valence electrons. The van der Waals surface area contributed by atoms with E-state index in [1.807, 2.05) is 13.8 Å². The number of amides is 1. The molecule has 1 aliphatic heterocycles. The Bertz CT molecular complexity index is 762. The summed E-state index contributed by atoms with van der Waals surface area (Å²) in [5.74, 6) is 0.0610. The molecule has 0 saturated carbocycles. The van der Waals surface area contributed by atoms with E-state index in [0.717, 1.165) is 10.7 Å². The number of ether oxygens (including phenoxy) is 1. The van der Waals surface area contributed by atoms with Gasteiger partial charge >= 0.3 is 0 Å². The minimum atomic E-state index is -1.12. The largest absolute Gasteiger partial charge is 0.491 e. The minimum Gasteiger partial charge on any atom is -0.491 e. The van der Waals surface area contributed by atoms with E-state index in [1.54, 1.807) is 4.90 Å². The van der Waals surface area contributed by atoms with Crippen LogP contribution in [0.4, 0.5) is 4.39 Å². The predicted molar refractivity (Wildman–Crippen MR) is 93.6 cm³/mol. The highest BCUT2D eigenvalue weighted by Crippen LogP contribution is 2.26. The zero-order valence-electron chi connectivity index (χ0n) is 14.3. The Morgan fingerprint density at radius 3 is 2.76 bits per heavy atom. The van der Waals surface area contributed by atoms with E-state index in [2.05, 4.69) is 4.98 Å². The first kappa shape index (κ1) is 17.8. The maximum atomic E-state index is 12.9. The number of β-amino-alcohol motifs (C(OH)–C–C–N with tert-alkyl or cyclic N) is 1. The average Bonchev–Trinajstić information content (AvgIpc) is 2.92. The Hall–Kier alpha value is -1.99. The molecule has 1 unspecified atom stereocenters. The maximum Gasteiger partial charge on any atom is 0.265 e.